The molecule has 5 rings (SSSR count). The average molecular weight is 591 g/mol. The minimum absolute atomic E-state index is 0.0145. The Hall–Kier alpha value is -3.81. The standard InChI is InChI=1S/C25H29F3N10O2S/c1-35-9-11-36(12-10-35)23-18(13-29)21(3-6-30-23)37-15-20(32-16-37)22-19(25(26,27)28)14-31-24(34-22)33-17-4-7-38(8-5-17)41(2,39)40/h3,6,14-17H,4-5,7-12H2,1-2H3,(H,31,33,34). The van der Waals surface area contributed by atoms with Crippen molar-refractivity contribution in [3.63, 3.8) is 0 Å². The predicted octanol–water partition coefficient (Wildman–Crippen LogP) is 2.20. The minimum atomic E-state index is -4.73. The molecule has 0 saturated carbocycles. The number of pyridine rings is 1. The van der Waals surface area contributed by atoms with Crippen LogP contribution in [0.15, 0.2) is 31.0 Å². The number of hydrogen-bond acceptors (Lipinski definition) is 10. The number of alkyl halides is 3. The van der Waals surface area contributed by atoms with Gasteiger partial charge in [0.15, 0.2) is 0 Å². The van der Waals surface area contributed by atoms with Gasteiger partial charge in [0.25, 0.3) is 0 Å². The van der Waals surface area contributed by atoms with Gasteiger partial charge in [0.1, 0.15) is 40.7 Å². The SMILES string of the molecule is CN1CCN(c2nccc(-n3cnc(-c4nc(NC5CCN(S(C)(=O)=O)CC5)ncc4C(F)(F)F)c3)c2C#N)CC1. The molecule has 3 aromatic heterocycles. The van der Waals surface area contributed by atoms with Gasteiger partial charge in [0, 0.05) is 63.9 Å². The van der Waals surface area contributed by atoms with Crippen molar-refractivity contribution in [2.24, 2.45) is 0 Å². The number of hydrogen-bond donors (Lipinski definition) is 1. The number of piperidine rings is 1. The summed E-state index contributed by atoms with van der Waals surface area (Å²) < 4.78 is 68.3. The Morgan fingerprint density at radius 1 is 1.07 bits per heavy atom. The Kier molecular flexibility index (Phi) is 7.86. The van der Waals surface area contributed by atoms with Gasteiger partial charge < -0.3 is 19.7 Å². The first-order chi connectivity index (χ1) is 19.4. The van der Waals surface area contributed by atoms with Gasteiger partial charge in [-0.3, -0.25) is 0 Å². The van der Waals surface area contributed by atoms with Gasteiger partial charge in [0.2, 0.25) is 16.0 Å². The molecule has 12 nitrogen and oxygen atoms in total. The molecule has 0 amide bonds. The summed E-state index contributed by atoms with van der Waals surface area (Å²) in [5, 5.41) is 13.0. The summed E-state index contributed by atoms with van der Waals surface area (Å²) in [4.78, 5) is 20.9. The van der Waals surface area contributed by atoms with Crippen molar-refractivity contribution in [1.29, 1.82) is 5.26 Å². The second-order valence-electron chi connectivity index (χ2n) is 10.1. The van der Waals surface area contributed by atoms with Crippen LogP contribution in [0.2, 0.25) is 0 Å². The minimum Gasteiger partial charge on any atom is -0.353 e. The molecule has 2 fully saturated rings. The Balaban J connectivity index is 1.44. The van der Waals surface area contributed by atoms with Crippen LogP contribution in [0.4, 0.5) is 24.9 Å². The molecule has 0 unspecified atom stereocenters. The maximum Gasteiger partial charge on any atom is 0.420 e. The fourth-order valence-corrected chi connectivity index (χ4v) is 5.84. The average Bonchev–Trinajstić information content (AvgIpc) is 3.42. The summed E-state index contributed by atoms with van der Waals surface area (Å²) in [5.74, 6) is 0.499. The number of imidazole rings is 1. The third-order valence-corrected chi connectivity index (χ3v) is 8.58. The molecule has 0 aliphatic carbocycles. The van der Waals surface area contributed by atoms with E-state index in [-0.39, 0.29) is 30.8 Å². The van der Waals surface area contributed by atoms with Crippen LogP contribution in [-0.2, 0) is 16.2 Å². The van der Waals surface area contributed by atoms with Crippen LogP contribution in [0.3, 0.4) is 0 Å². The highest BCUT2D eigenvalue weighted by Gasteiger charge is 2.36. The van der Waals surface area contributed by atoms with E-state index in [1.807, 2.05) is 11.9 Å². The van der Waals surface area contributed by atoms with Gasteiger partial charge in [-0.1, -0.05) is 0 Å². The summed E-state index contributed by atoms with van der Waals surface area (Å²) in [7, 11) is -1.30. The number of sulfonamides is 1. The van der Waals surface area contributed by atoms with Gasteiger partial charge in [-0.2, -0.15) is 18.4 Å². The third-order valence-electron chi connectivity index (χ3n) is 7.28. The van der Waals surface area contributed by atoms with Gasteiger partial charge in [0.05, 0.1) is 11.9 Å². The predicted molar refractivity (Wildman–Crippen MR) is 145 cm³/mol. The summed E-state index contributed by atoms with van der Waals surface area (Å²) in [5.41, 5.74) is -0.768. The quantitative estimate of drug-likeness (QED) is 0.455. The highest BCUT2D eigenvalue weighted by atomic mass is 32.2. The lowest BCUT2D eigenvalue weighted by molar-refractivity contribution is -0.137. The molecule has 3 aromatic rings. The fraction of sp³-hybridized carbons (Fsp3) is 0.480. The van der Waals surface area contributed by atoms with E-state index < -0.39 is 27.5 Å². The zero-order valence-electron chi connectivity index (χ0n) is 22.5. The monoisotopic (exact) mass is 590 g/mol. The largest absolute Gasteiger partial charge is 0.420 e. The van der Waals surface area contributed by atoms with Gasteiger partial charge in [-0.15, -0.1) is 0 Å². The smallest absolute Gasteiger partial charge is 0.353 e. The summed E-state index contributed by atoms with van der Waals surface area (Å²) in [6.45, 7) is 3.58. The Morgan fingerprint density at radius 2 is 1.78 bits per heavy atom. The highest BCUT2D eigenvalue weighted by molar-refractivity contribution is 7.88. The van der Waals surface area contributed by atoms with E-state index in [2.05, 4.69) is 36.2 Å². The number of piperazine rings is 1. The first-order valence-electron chi connectivity index (χ1n) is 13.0. The van der Waals surface area contributed by atoms with Crippen molar-refractivity contribution in [3.8, 4) is 23.1 Å². The number of likely N-dealkylation sites (N-methyl/N-ethyl adjacent to an activating group) is 1. The molecule has 0 spiro atoms. The molecule has 0 bridgehead atoms. The lowest BCUT2D eigenvalue weighted by Gasteiger charge is -2.33. The Labute approximate surface area is 235 Å². The first-order valence-corrected chi connectivity index (χ1v) is 14.8. The zero-order valence-corrected chi connectivity index (χ0v) is 23.3. The van der Waals surface area contributed by atoms with E-state index in [0.29, 0.717) is 49.2 Å². The van der Waals surface area contributed by atoms with E-state index in [9.17, 15) is 26.9 Å². The van der Waals surface area contributed by atoms with E-state index in [0.717, 1.165) is 19.3 Å². The molecule has 2 aliphatic heterocycles. The maximum atomic E-state index is 14.0. The van der Waals surface area contributed by atoms with Crippen molar-refractivity contribution in [2.75, 3.05) is 62.8 Å². The number of nitrogens with zero attached hydrogens (tertiary/aromatic N) is 9. The van der Waals surface area contributed by atoms with Crippen LogP contribution in [0.1, 0.15) is 24.0 Å². The van der Waals surface area contributed by atoms with E-state index in [4.69, 9.17) is 0 Å². The molecule has 0 atom stereocenters. The molecular weight excluding hydrogens is 561 g/mol. The van der Waals surface area contributed by atoms with Crippen molar-refractivity contribution < 1.29 is 21.6 Å². The van der Waals surface area contributed by atoms with Crippen molar-refractivity contribution in [2.45, 2.75) is 25.1 Å². The van der Waals surface area contributed by atoms with Crippen LogP contribution in [0.25, 0.3) is 17.1 Å². The molecular formula is C25H29F3N10O2S. The maximum absolute atomic E-state index is 14.0. The molecule has 1 N–H and O–H groups in total. The van der Waals surface area contributed by atoms with Crippen molar-refractivity contribution in [3.05, 3.63) is 42.1 Å². The number of nitrogens with one attached hydrogen (secondary N) is 1. The van der Waals surface area contributed by atoms with Gasteiger partial charge in [-0.25, -0.2) is 32.7 Å². The topological polar surface area (TPSA) is 136 Å². The molecule has 41 heavy (non-hydrogen) atoms. The Morgan fingerprint density at radius 3 is 2.41 bits per heavy atom. The number of nitriles is 1. The normalized spacial score (nSPS) is 17.9. The zero-order chi connectivity index (χ0) is 29.4. The Bertz CT molecular complexity index is 1550. The molecule has 2 aliphatic rings. The fourth-order valence-electron chi connectivity index (χ4n) is 4.97. The van der Waals surface area contributed by atoms with Gasteiger partial charge in [-0.05, 0) is 26.0 Å². The van der Waals surface area contributed by atoms with Crippen LogP contribution >= 0.6 is 0 Å². The first kappa shape index (κ1) is 28.7. The van der Waals surface area contributed by atoms with Crippen LogP contribution < -0.4 is 10.2 Å². The summed E-state index contributed by atoms with van der Waals surface area (Å²) >= 11 is 0. The summed E-state index contributed by atoms with van der Waals surface area (Å²) in [6.07, 6.45) is 2.34. The summed E-state index contributed by atoms with van der Waals surface area (Å²) in [6, 6.07) is 3.60. The second kappa shape index (κ2) is 11.2. The van der Waals surface area contributed by atoms with Crippen LogP contribution in [0, 0.1) is 11.3 Å². The van der Waals surface area contributed by atoms with Crippen LogP contribution in [0.5, 0.6) is 0 Å². The number of halogens is 3. The van der Waals surface area contributed by atoms with E-state index in [1.54, 1.807) is 12.3 Å². The molecule has 5 heterocycles. The van der Waals surface area contributed by atoms with Crippen molar-refractivity contribution >= 4 is 21.8 Å². The molecule has 2 saturated heterocycles. The lowest BCUT2D eigenvalue weighted by Crippen LogP contribution is -2.45. The van der Waals surface area contributed by atoms with Crippen LogP contribution in [-0.4, -0.2) is 101 Å². The van der Waals surface area contributed by atoms with Crippen molar-refractivity contribution in [1.82, 2.24) is 33.7 Å². The van der Waals surface area contributed by atoms with E-state index in [1.165, 1.54) is 21.4 Å². The molecule has 0 aromatic carbocycles. The third kappa shape index (κ3) is 6.26. The lowest BCUT2D eigenvalue weighted by atomic mass is 10.1. The number of anilines is 2. The van der Waals surface area contributed by atoms with E-state index >= 15 is 0 Å². The second-order valence-corrected chi connectivity index (χ2v) is 12.1. The molecule has 16 heteroatoms. The number of aromatic nitrogens is 5. The highest BCUT2D eigenvalue weighted by Crippen LogP contribution is 2.36. The molecule has 0 radical (unpaired) electrons. The molecule has 218 valence electrons. The van der Waals surface area contributed by atoms with Gasteiger partial charge >= 0.3 is 6.18 Å². The number of rotatable bonds is 6.